The molecule has 1 atom stereocenters. The fourth-order valence-electron chi connectivity index (χ4n) is 0.665. The molecule has 1 aliphatic rings. The van der Waals surface area contributed by atoms with Crippen molar-refractivity contribution in [3.8, 4) is 0 Å². The highest BCUT2D eigenvalue weighted by molar-refractivity contribution is 5.66. The van der Waals surface area contributed by atoms with Crippen LogP contribution < -0.4 is 0 Å². The fraction of sp³-hybridized carbons (Fsp3) is 0.500. The smallest absolute Gasteiger partial charge is 0.303 e. The van der Waals surface area contributed by atoms with Crippen LogP contribution in [0.2, 0.25) is 0 Å². The first kappa shape index (κ1) is 7.08. The van der Waals surface area contributed by atoms with E-state index in [4.69, 9.17) is 5.11 Å². The summed E-state index contributed by atoms with van der Waals surface area (Å²) in [7, 11) is 0. The molecule has 0 aromatic rings. The van der Waals surface area contributed by atoms with Gasteiger partial charge in [-0.3, -0.25) is 4.79 Å². The number of carboxylic acid groups (broad SMARTS) is 1. The molecule has 0 aromatic carbocycles. The molecule has 0 radical (unpaired) electrons. The Morgan fingerprint density at radius 2 is 2.50 bits per heavy atom. The number of carbonyl (C=O) groups is 1. The summed E-state index contributed by atoms with van der Waals surface area (Å²) in [6.07, 6.45) is 3.48. The Balaban J connectivity index is 2.13. The minimum absolute atomic E-state index is 0.109. The van der Waals surface area contributed by atoms with Crippen molar-refractivity contribution in [1.29, 1.82) is 0 Å². The topological polar surface area (TPSA) is 55.8 Å². The van der Waals surface area contributed by atoms with E-state index in [1.165, 1.54) is 6.26 Å². The molecule has 0 saturated carbocycles. The summed E-state index contributed by atoms with van der Waals surface area (Å²) in [6.45, 7) is 0. The third-order valence-electron chi connectivity index (χ3n) is 1.17. The van der Waals surface area contributed by atoms with Crippen LogP contribution in [0.4, 0.5) is 0 Å². The van der Waals surface area contributed by atoms with E-state index in [0.29, 0.717) is 6.42 Å². The maximum absolute atomic E-state index is 10.0. The lowest BCUT2D eigenvalue weighted by Gasteiger charge is -2.01. The number of hydrogen-bond acceptors (Lipinski definition) is 3. The maximum atomic E-state index is 10.0. The molecule has 0 aromatic heterocycles. The molecule has 1 rings (SSSR count). The summed E-state index contributed by atoms with van der Waals surface area (Å²) in [4.78, 5) is 19.1. The highest BCUT2D eigenvalue weighted by Crippen LogP contribution is 2.10. The van der Waals surface area contributed by atoms with Gasteiger partial charge < -0.3 is 9.99 Å². The van der Waals surface area contributed by atoms with Crippen LogP contribution in [0, 0.1) is 0 Å². The van der Waals surface area contributed by atoms with E-state index in [-0.39, 0.29) is 12.5 Å². The van der Waals surface area contributed by atoms with E-state index < -0.39 is 5.97 Å². The molecular weight excluding hydrogens is 136 g/mol. The van der Waals surface area contributed by atoms with Crippen LogP contribution in [0.15, 0.2) is 12.3 Å². The van der Waals surface area contributed by atoms with Gasteiger partial charge in [0.1, 0.15) is 12.4 Å². The van der Waals surface area contributed by atoms with Gasteiger partial charge in [-0.2, -0.15) is 4.89 Å². The van der Waals surface area contributed by atoms with Crippen LogP contribution in [0.25, 0.3) is 0 Å². The molecule has 10 heavy (non-hydrogen) atoms. The van der Waals surface area contributed by atoms with Gasteiger partial charge in [0.25, 0.3) is 0 Å². The zero-order chi connectivity index (χ0) is 7.40. The zero-order valence-corrected chi connectivity index (χ0v) is 5.32. The standard InChI is InChI=1S/C6H8O4/c7-6(8)2-1-5-3-4-9-10-5/h3-5H,1-2H2,(H,7,8). The Morgan fingerprint density at radius 1 is 1.70 bits per heavy atom. The zero-order valence-electron chi connectivity index (χ0n) is 5.32. The average Bonchev–Trinajstić information content (AvgIpc) is 2.34. The first-order valence-corrected chi connectivity index (χ1v) is 2.99. The van der Waals surface area contributed by atoms with Gasteiger partial charge in [-0.15, -0.1) is 0 Å². The predicted molar refractivity (Wildman–Crippen MR) is 32.0 cm³/mol. The van der Waals surface area contributed by atoms with Crippen molar-refractivity contribution in [1.82, 2.24) is 0 Å². The van der Waals surface area contributed by atoms with Gasteiger partial charge in [0.05, 0.1) is 0 Å². The van der Waals surface area contributed by atoms with Crippen LogP contribution in [-0.4, -0.2) is 17.2 Å². The second kappa shape index (κ2) is 3.22. The second-order valence-electron chi connectivity index (χ2n) is 1.99. The van der Waals surface area contributed by atoms with Crippen molar-refractivity contribution in [2.45, 2.75) is 18.9 Å². The van der Waals surface area contributed by atoms with Crippen molar-refractivity contribution in [3.63, 3.8) is 0 Å². The fourth-order valence-corrected chi connectivity index (χ4v) is 0.665. The molecule has 1 unspecified atom stereocenters. The molecule has 4 nitrogen and oxygen atoms in total. The molecule has 1 N–H and O–H groups in total. The van der Waals surface area contributed by atoms with Crippen molar-refractivity contribution >= 4 is 5.97 Å². The molecule has 0 aliphatic carbocycles. The summed E-state index contributed by atoms with van der Waals surface area (Å²) < 4.78 is 0. The third kappa shape index (κ3) is 2.06. The Labute approximate surface area is 58.0 Å². The van der Waals surface area contributed by atoms with Crippen LogP contribution >= 0.6 is 0 Å². The SMILES string of the molecule is O=C(O)CCC1C=COO1. The van der Waals surface area contributed by atoms with Crippen LogP contribution in [0.3, 0.4) is 0 Å². The molecule has 0 bridgehead atoms. The van der Waals surface area contributed by atoms with E-state index >= 15 is 0 Å². The van der Waals surface area contributed by atoms with E-state index in [1.54, 1.807) is 6.08 Å². The van der Waals surface area contributed by atoms with E-state index in [9.17, 15) is 4.79 Å². The van der Waals surface area contributed by atoms with Gasteiger partial charge in [0.2, 0.25) is 0 Å². The monoisotopic (exact) mass is 144 g/mol. The quantitative estimate of drug-likeness (QED) is 0.592. The second-order valence-corrected chi connectivity index (χ2v) is 1.99. The number of carboxylic acids is 1. The molecule has 56 valence electrons. The number of aliphatic carboxylic acids is 1. The van der Waals surface area contributed by atoms with Crippen LogP contribution in [0.5, 0.6) is 0 Å². The van der Waals surface area contributed by atoms with Crippen molar-refractivity contribution < 1.29 is 19.7 Å². The van der Waals surface area contributed by atoms with E-state index in [0.717, 1.165) is 0 Å². The first-order chi connectivity index (χ1) is 4.79. The van der Waals surface area contributed by atoms with Gasteiger partial charge in [0.15, 0.2) is 0 Å². The first-order valence-electron chi connectivity index (χ1n) is 2.99. The highest BCUT2D eigenvalue weighted by Gasteiger charge is 2.12. The number of rotatable bonds is 3. The molecule has 4 heteroatoms. The van der Waals surface area contributed by atoms with Gasteiger partial charge in [-0.05, 0) is 12.5 Å². The average molecular weight is 144 g/mol. The Bertz CT molecular complexity index is 152. The maximum Gasteiger partial charge on any atom is 0.303 e. The van der Waals surface area contributed by atoms with Gasteiger partial charge in [-0.25, -0.2) is 0 Å². The summed E-state index contributed by atoms with van der Waals surface area (Å²) >= 11 is 0. The third-order valence-corrected chi connectivity index (χ3v) is 1.17. The van der Waals surface area contributed by atoms with E-state index in [1.807, 2.05) is 0 Å². The molecule has 0 spiro atoms. The summed E-state index contributed by atoms with van der Waals surface area (Å²) in [6, 6.07) is 0. The summed E-state index contributed by atoms with van der Waals surface area (Å²) in [5.74, 6) is -0.816. The lowest BCUT2D eigenvalue weighted by atomic mass is 10.2. The van der Waals surface area contributed by atoms with Gasteiger partial charge in [0, 0.05) is 6.42 Å². The molecule has 0 amide bonds. The van der Waals surface area contributed by atoms with E-state index in [2.05, 4.69) is 9.78 Å². The lowest BCUT2D eigenvalue weighted by molar-refractivity contribution is -0.253. The Kier molecular flexibility index (Phi) is 2.28. The Morgan fingerprint density at radius 3 is 3.00 bits per heavy atom. The summed E-state index contributed by atoms with van der Waals surface area (Å²) in [5, 5.41) is 8.25. The molecule has 0 fully saturated rings. The summed E-state index contributed by atoms with van der Waals surface area (Å²) in [5.41, 5.74) is 0. The largest absolute Gasteiger partial charge is 0.481 e. The minimum Gasteiger partial charge on any atom is -0.481 e. The Hall–Kier alpha value is -1.03. The normalized spacial score (nSPS) is 22.6. The minimum atomic E-state index is -0.816. The molecule has 1 heterocycles. The van der Waals surface area contributed by atoms with Crippen LogP contribution in [-0.2, 0) is 14.6 Å². The lowest BCUT2D eigenvalue weighted by Crippen LogP contribution is -2.06. The molecule has 1 aliphatic heterocycles. The predicted octanol–water partition coefficient (Wildman–Crippen LogP) is 0.695. The van der Waals surface area contributed by atoms with Crippen molar-refractivity contribution in [3.05, 3.63) is 12.3 Å². The molecular formula is C6H8O4. The highest BCUT2D eigenvalue weighted by atomic mass is 17.2. The van der Waals surface area contributed by atoms with Gasteiger partial charge in [-0.1, -0.05) is 0 Å². The number of hydrogen-bond donors (Lipinski definition) is 1. The van der Waals surface area contributed by atoms with Gasteiger partial charge >= 0.3 is 5.97 Å². The van der Waals surface area contributed by atoms with Crippen LogP contribution in [0.1, 0.15) is 12.8 Å². The van der Waals surface area contributed by atoms with Crippen molar-refractivity contribution in [2.75, 3.05) is 0 Å². The van der Waals surface area contributed by atoms with Crippen molar-refractivity contribution in [2.24, 2.45) is 0 Å². The molecule has 0 saturated heterocycles.